The van der Waals surface area contributed by atoms with Crippen molar-refractivity contribution in [1.82, 2.24) is 9.88 Å². The molecule has 2 aliphatic rings. The molecule has 43 heavy (non-hydrogen) atoms. The third kappa shape index (κ3) is 11.1. The first-order valence-electron chi connectivity index (χ1n) is 12.1. The van der Waals surface area contributed by atoms with Gasteiger partial charge >= 0.3 is 30.3 Å². The minimum atomic E-state index is -5.08. The van der Waals surface area contributed by atoms with Crippen LogP contribution >= 0.6 is 11.6 Å². The number of benzene rings is 1. The number of ether oxygens (including phenoxy) is 2. The van der Waals surface area contributed by atoms with Crippen LogP contribution in [0.15, 0.2) is 36.7 Å². The molecule has 0 amide bonds. The Morgan fingerprint density at radius 1 is 1.02 bits per heavy atom. The number of aliphatic hydroxyl groups is 1. The molecular weight excluding hydrogens is 622 g/mol. The van der Waals surface area contributed by atoms with Crippen molar-refractivity contribution in [3.63, 3.8) is 0 Å². The molecule has 4 rings (SSSR count). The molecule has 18 heteroatoms. The van der Waals surface area contributed by atoms with Gasteiger partial charge in [0.05, 0.1) is 6.20 Å². The highest BCUT2D eigenvalue weighted by Crippen LogP contribution is 2.42. The van der Waals surface area contributed by atoms with Crippen molar-refractivity contribution in [2.45, 2.75) is 43.3 Å². The molecule has 1 atom stereocenters. The number of carboxylic acid groups (broad SMARTS) is 3. The molecule has 1 spiro atoms. The normalized spacial score (nSPS) is 16.4. The molecule has 0 saturated carbocycles. The number of likely N-dealkylation sites (tertiary alicyclic amines) is 1. The van der Waals surface area contributed by atoms with Gasteiger partial charge in [-0.1, -0.05) is 11.6 Å². The van der Waals surface area contributed by atoms with Crippen LogP contribution in [0.2, 0.25) is 5.02 Å². The van der Waals surface area contributed by atoms with E-state index < -0.39 is 36.4 Å². The van der Waals surface area contributed by atoms with Crippen molar-refractivity contribution >= 4 is 29.5 Å². The van der Waals surface area contributed by atoms with E-state index in [9.17, 15) is 41.4 Å². The summed E-state index contributed by atoms with van der Waals surface area (Å²) in [4.78, 5) is 35.1. The lowest BCUT2D eigenvalue weighted by molar-refractivity contribution is -0.193. The van der Waals surface area contributed by atoms with Crippen LogP contribution in [0.5, 0.6) is 11.5 Å². The Balaban J connectivity index is 0.000000384. The van der Waals surface area contributed by atoms with Crippen molar-refractivity contribution in [3.05, 3.63) is 52.8 Å². The number of aromatic nitrogens is 1. The van der Waals surface area contributed by atoms with Gasteiger partial charge in [0.2, 0.25) is 0 Å². The predicted molar refractivity (Wildman–Crippen MR) is 134 cm³/mol. The Hall–Kier alpha value is -3.83. The second-order valence-electron chi connectivity index (χ2n) is 9.26. The Labute approximate surface area is 244 Å². The van der Waals surface area contributed by atoms with Crippen LogP contribution < -0.4 is 9.47 Å². The van der Waals surface area contributed by atoms with Crippen molar-refractivity contribution in [2.75, 3.05) is 26.2 Å². The molecule has 0 aliphatic carbocycles. The summed E-state index contributed by atoms with van der Waals surface area (Å²) in [5.41, 5.74) is 1.01. The second kappa shape index (κ2) is 14.6. The zero-order chi connectivity index (χ0) is 32.6. The zero-order valence-corrected chi connectivity index (χ0v) is 22.6. The minimum Gasteiger partial charge on any atom is -0.488 e. The number of pyridine rings is 1. The topological polar surface area (TPSA) is 167 Å². The van der Waals surface area contributed by atoms with E-state index >= 15 is 0 Å². The number of halogens is 7. The Morgan fingerprint density at radius 2 is 1.58 bits per heavy atom. The van der Waals surface area contributed by atoms with Crippen LogP contribution in [0.3, 0.4) is 0 Å². The second-order valence-corrected chi connectivity index (χ2v) is 9.70. The predicted octanol–water partition coefficient (Wildman–Crippen LogP) is 3.91. The third-order valence-corrected chi connectivity index (χ3v) is 6.26. The first-order valence-corrected chi connectivity index (χ1v) is 12.5. The summed E-state index contributed by atoms with van der Waals surface area (Å²) < 4.78 is 75.2. The van der Waals surface area contributed by atoms with Crippen molar-refractivity contribution in [1.29, 1.82) is 0 Å². The first kappa shape index (κ1) is 35.4. The van der Waals surface area contributed by atoms with Crippen molar-refractivity contribution in [2.24, 2.45) is 0 Å². The fraction of sp³-hybridized carbons (Fsp3) is 0.440. The first-order chi connectivity index (χ1) is 19.8. The molecule has 1 aromatic heterocycles. The number of piperidine rings is 1. The van der Waals surface area contributed by atoms with Crippen molar-refractivity contribution in [3.8, 4) is 11.5 Å². The lowest BCUT2D eigenvalue weighted by Gasteiger charge is -2.39. The quantitative estimate of drug-likeness (QED) is 0.336. The van der Waals surface area contributed by atoms with E-state index in [2.05, 4.69) is 9.88 Å². The third-order valence-electron chi connectivity index (χ3n) is 6.03. The Bertz CT molecular complexity index is 1260. The van der Waals surface area contributed by atoms with E-state index in [1.165, 1.54) is 18.5 Å². The number of β-amino-alcohol motifs (C(OH)–C–C–N with tert-alkyl or cyclic N) is 1. The molecule has 2 aliphatic heterocycles. The number of aromatic carboxylic acids is 1. The highest BCUT2D eigenvalue weighted by atomic mass is 35.5. The highest BCUT2D eigenvalue weighted by Gasteiger charge is 2.42. The number of rotatable bonds is 6. The van der Waals surface area contributed by atoms with Crippen molar-refractivity contribution < 1.29 is 70.6 Å². The average molecular weight is 647 g/mol. The summed E-state index contributed by atoms with van der Waals surface area (Å²) in [5.74, 6) is -5.52. The molecule has 1 aromatic carbocycles. The van der Waals surface area contributed by atoms with Gasteiger partial charge in [-0.3, -0.25) is 4.98 Å². The summed E-state index contributed by atoms with van der Waals surface area (Å²) in [7, 11) is 0. The maximum atomic E-state index is 11.2. The molecule has 2 aromatic rings. The van der Waals surface area contributed by atoms with E-state index in [-0.39, 0.29) is 23.5 Å². The van der Waals surface area contributed by atoms with Gasteiger partial charge in [0, 0.05) is 50.1 Å². The van der Waals surface area contributed by atoms with E-state index in [0.717, 1.165) is 48.7 Å². The highest BCUT2D eigenvalue weighted by molar-refractivity contribution is 6.30. The number of hydrogen-bond acceptors (Lipinski definition) is 8. The lowest BCUT2D eigenvalue weighted by Crippen LogP contribution is -2.49. The molecule has 238 valence electrons. The number of carbonyl (C=O) groups is 3. The molecule has 4 N–H and O–H groups in total. The average Bonchev–Trinajstić information content (AvgIpc) is 3.25. The fourth-order valence-corrected chi connectivity index (χ4v) is 4.23. The van der Waals surface area contributed by atoms with Gasteiger partial charge < -0.3 is 34.8 Å². The van der Waals surface area contributed by atoms with Gasteiger partial charge in [-0.2, -0.15) is 26.3 Å². The number of hydrogen-bond donors (Lipinski definition) is 4. The fourth-order valence-electron chi connectivity index (χ4n) is 4.03. The Kier molecular flexibility index (Phi) is 12.0. The van der Waals surface area contributed by atoms with E-state index in [0.29, 0.717) is 6.54 Å². The summed E-state index contributed by atoms with van der Waals surface area (Å²) >= 11 is 6.09. The molecule has 3 heterocycles. The molecule has 0 bridgehead atoms. The summed E-state index contributed by atoms with van der Waals surface area (Å²) in [5, 5.41) is 34.5. The van der Waals surface area contributed by atoms with Crippen LogP contribution in [-0.2, 0) is 16.0 Å². The van der Waals surface area contributed by atoms with Crippen LogP contribution in [0.4, 0.5) is 26.3 Å². The largest absolute Gasteiger partial charge is 0.490 e. The minimum absolute atomic E-state index is 0.00799. The number of fused-ring (bicyclic) bond motifs is 1. The summed E-state index contributed by atoms with van der Waals surface area (Å²) in [6.45, 7) is 2.09. The van der Waals surface area contributed by atoms with Crippen LogP contribution in [-0.4, -0.2) is 98.5 Å². The summed E-state index contributed by atoms with van der Waals surface area (Å²) in [6.07, 6.45) is -5.54. The summed E-state index contributed by atoms with van der Waals surface area (Å²) in [6, 6.07) is 7.14. The monoisotopic (exact) mass is 646 g/mol. The van der Waals surface area contributed by atoms with Gasteiger partial charge in [0.25, 0.3) is 0 Å². The maximum Gasteiger partial charge on any atom is 0.490 e. The molecule has 11 nitrogen and oxygen atoms in total. The van der Waals surface area contributed by atoms with Crippen LogP contribution in [0.25, 0.3) is 0 Å². The van der Waals surface area contributed by atoms with Gasteiger partial charge in [-0.15, -0.1) is 0 Å². The van der Waals surface area contributed by atoms with Crippen LogP contribution in [0.1, 0.15) is 28.8 Å². The SMILES string of the molecule is O=C(O)C(F)(F)F.O=C(O)C(F)(F)F.O=C(O)c1ccncc1OC[C@@H](O)CN1CCC2(CC1)Cc1cc(Cl)ccc1O2. The number of alkyl halides is 6. The lowest BCUT2D eigenvalue weighted by atomic mass is 9.87. The standard InChI is InChI=1S/C21H23ClN2O5.2C2HF3O2/c22-15-1-2-18-14(9-15)10-21(29-18)4-7-24(8-5-21)12-16(25)13-28-19-11-23-6-3-17(19)20(26)27;2*3-2(4,5)1(6)7/h1-3,6,9,11,16,25H,4-5,7-8,10,12-13H2,(H,26,27);2*(H,6,7)/t16-;;/m0../s1. The molecule has 1 saturated heterocycles. The van der Waals surface area contributed by atoms with E-state index in [1.54, 1.807) is 0 Å². The number of aliphatic carboxylic acids is 2. The van der Waals surface area contributed by atoms with Gasteiger partial charge in [0.1, 0.15) is 29.6 Å². The molecule has 1 fully saturated rings. The van der Waals surface area contributed by atoms with E-state index in [1.807, 2.05) is 18.2 Å². The zero-order valence-electron chi connectivity index (χ0n) is 21.9. The van der Waals surface area contributed by atoms with E-state index in [4.69, 9.17) is 40.9 Å². The molecule has 0 unspecified atom stereocenters. The van der Waals surface area contributed by atoms with Crippen LogP contribution in [0, 0.1) is 0 Å². The maximum absolute atomic E-state index is 11.2. The number of carboxylic acids is 3. The number of aliphatic hydroxyl groups excluding tert-OH is 1. The van der Waals surface area contributed by atoms with Gasteiger partial charge in [-0.05, 0) is 29.8 Å². The molecular formula is C25H25ClF6N2O9. The van der Waals surface area contributed by atoms with Gasteiger partial charge in [0.15, 0.2) is 5.75 Å². The molecule has 0 radical (unpaired) electrons. The van der Waals surface area contributed by atoms with Gasteiger partial charge in [-0.25, -0.2) is 14.4 Å². The smallest absolute Gasteiger partial charge is 0.488 e. The Morgan fingerprint density at radius 3 is 2.09 bits per heavy atom. The number of nitrogens with zero attached hydrogens (tertiary/aromatic N) is 2.